The summed E-state index contributed by atoms with van der Waals surface area (Å²) < 4.78 is 11.2. The molecule has 0 heterocycles. The van der Waals surface area contributed by atoms with Gasteiger partial charge in [0.25, 0.3) is 0 Å². The standard InChI is InChI=1S/C20H24O3/c1-15(2)22-14-13-19(21)23-20(17-10-5-4-6-11-17)18-12-8-7-9-16(18)3/h4-12,15,20H,13-14H2,1-3H3. The van der Waals surface area contributed by atoms with E-state index in [-0.39, 0.29) is 24.6 Å². The van der Waals surface area contributed by atoms with Gasteiger partial charge < -0.3 is 9.47 Å². The Balaban J connectivity index is 2.15. The van der Waals surface area contributed by atoms with E-state index in [4.69, 9.17) is 9.47 Å². The van der Waals surface area contributed by atoms with E-state index in [9.17, 15) is 4.79 Å². The van der Waals surface area contributed by atoms with Crippen LogP contribution in [0.3, 0.4) is 0 Å². The second-order valence-electron chi connectivity index (χ2n) is 5.81. The Morgan fingerprint density at radius 1 is 1.00 bits per heavy atom. The molecule has 0 aliphatic carbocycles. The summed E-state index contributed by atoms with van der Waals surface area (Å²) in [7, 11) is 0. The van der Waals surface area contributed by atoms with Gasteiger partial charge in [0.15, 0.2) is 6.10 Å². The van der Waals surface area contributed by atoms with E-state index in [2.05, 4.69) is 0 Å². The zero-order chi connectivity index (χ0) is 16.7. The van der Waals surface area contributed by atoms with E-state index in [0.29, 0.717) is 6.61 Å². The number of rotatable bonds is 7. The molecule has 0 fully saturated rings. The lowest BCUT2D eigenvalue weighted by Gasteiger charge is -2.21. The van der Waals surface area contributed by atoms with Gasteiger partial charge in [-0.05, 0) is 37.5 Å². The van der Waals surface area contributed by atoms with Crippen LogP contribution in [0.4, 0.5) is 0 Å². The summed E-state index contributed by atoms with van der Waals surface area (Å²) in [5.41, 5.74) is 3.09. The molecule has 0 saturated carbocycles. The number of aryl methyl sites for hydroxylation is 1. The van der Waals surface area contributed by atoms with Gasteiger partial charge in [-0.1, -0.05) is 54.6 Å². The Morgan fingerprint density at radius 3 is 2.30 bits per heavy atom. The van der Waals surface area contributed by atoms with Crippen LogP contribution in [0.5, 0.6) is 0 Å². The summed E-state index contributed by atoms with van der Waals surface area (Å²) in [6.45, 7) is 6.31. The van der Waals surface area contributed by atoms with Crippen molar-refractivity contribution >= 4 is 5.97 Å². The molecule has 3 heteroatoms. The Kier molecular flexibility index (Phi) is 6.36. The molecule has 0 saturated heterocycles. The fraction of sp³-hybridized carbons (Fsp3) is 0.350. The molecule has 0 spiro atoms. The lowest BCUT2D eigenvalue weighted by atomic mass is 9.97. The summed E-state index contributed by atoms with van der Waals surface area (Å²) in [6.07, 6.45) is -0.0130. The van der Waals surface area contributed by atoms with E-state index in [1.165, 1.54) is 0 Å². The van der Waals surface area contributed by atoms with Gasteiger partial charge >= 0.3 is 5.97 Å². The van der Waals surface area contributed by atoms with Crippen LogP contribution in [0, 0.1) is 6.92 Å². The Morgan fingerprint density at radius 2 is 1.65 bits per heavy atom. The first-order chi connectivity index (χ1) is 11.1. The van der Waals surface area contributed by atoms with Gasteiger partial charge in [0.05, 0.1) is 19.1 Å². The Hall–Kier alpha value is -2.13. The van der Waals surface area contributed by atoms with Crippen molar-refractivity contribution in [2.75, 3.05) is 6.61 Å². The maximum absolute atomic E-state index is 12.2. The van der Waals surface area contributed by atoms with Crippen molar-refractivity contribution in [1.29, 1.82) is 0 Å². The summed E-state index contributed by atoms with van der Waals surface area (Å²) >= 11 is 0. The molecule has 0 N–H and O–H groups in total. The average Bonchev–Trinajstić information content (AvgIpc) is 2.54. The number of benzene rings is 2. The average molecular weight is 312 g/mol. The molecule has 0 aliphatic rings. The van der Waals surface area contributed by atoms with E-state index >= 15 is 0 Å². The number of hydrogen-bond donors (Lipinski definition) is 0. The van der Waals surface area contributed by atoms with Crippen molar-refractivity contribution in [3.63, 3.8) is 0 Å². The summed E-state index contributed by atoms with van der Waals surface area (Å²) in [6, 6.07) is 17.8. The van der Waals surface area contributed by atoms with Crippen LogP contribution < -0.4 is 0 Å². The molecule has 122 valence electrons. The molecule has 1 atom stereocenters. The summed E-state index contributed by atoms with van der Waals surface area (Å²) in [4.78, 5) is 12.2. The minimum absolute atomic E-state index is 0.115. The van der Waals surface area contributed by atoms with Crippen LogP contribution in [-0.4, -0.2) is 18.7 Å². The summed E-state index contributed by atoms with van der Waals surface area (Å²) in [5, 5.41) is 0. The van der Waals surface area contributed by atoms with Crippen molar-refractivity contribution in [3.8, 4) is 0 Å². The van der Waals surface area contributed by atoms with E-state index in [0.717, 1.165) is 16.7 Å². The van der Waals surface area contributed by atoms with Crippen LogP contribution in [0.15, 0.2) is 54.6 Å². The zero-order valence-electron chi connectivity index (χ0n) is 14.0. The molecule has 2 rings (SSSR count). The number of carbonyl (C=O) groups excluding carboxylic acids is 1. The minimum Gasteiger partial charge on any atom is -0.452 e. The molecule has 0 aliphatic heterocycles. The first-order valence-electron chi connectivity index (χ1n) is 7.99. The molecule has 0 amide bonds. The first-order valence-corrected chi connectivity index (χ1v) is 7.99. The highest BCUT2D eigenvalue weighted by Gasteiger charge is 2.20. The van der Waals surface area contributed by atoms with Crippen LogP contribution in [0.2, 0.25) is 0 Å². The lowest BCUT2D eigenvalue weighted by molar-refractivity contribution is -0.149. The largest absolute Gasteiger partial charge is 0.452 e. The third-order valence-electron chi connectivity index (χ3n) is 3.58. The van der Waals surface area contributed by atoms with E-state index in [1.54, 1.807) is 0 Å². The van der Waals surface area contributed by atoms with Crippen molar-refractivity contribution in [2.45, 2.75) is 39.4 Å². The molecule has 1 unspecified atom stereocenters. The third-order valence-corrected chi connectivity index (χ3v) is 3.58. The quantitative estimate of drug-likeness (QED) is 0.709. The minimum atomic E-state index is -0.385. The van der Waals surface area contributed by atoms with E-state index in [1.807, 2.05) is 75.4 Å². The maximum Gasteiger partial charge on any atom is 0.309 e. The SMILES string of the molecule is Cc1ccccc1C(OC(=O)CCOC(C)C)c1ccccc1. The van der Waals surface area contributed by atoms with Crippen LogP contribution in [0.1, 0.15) is 43.1 Å². The van der Waals surface area contributed by atoms with Crippen LogP contribution in [0.25, 0.3) is 0 Å². The highest BCUT2D eigenvalue weighted by atomic mass is 16.5. The molecule has 23 heavy (non-hydrogen) atoms. The molecule has 3 nitrogen and oxygen atoms in total. The molecule has 0 radical (unpaired) electrons. The van der Waals surface area contributed by atoms with E-state index < -0.39 is 0 Å². The smallest absolute Gasteiger partial charge is 0.309 e. The van der Waals surface area contributed by atoms with Crippen molar-refractivity contribution in [1.82, 2.24) is 0 Å². The van der Waals surface area contributed by atoms with Gasteiger partial charge in [-0.25, -0.2) is 0 Å². The molecule has 0 aromatic heterocycles. The fourth-order valence-electron chi connectivity index (χ4n) is 2.39. The summed E-state index contributed by atoms with van der Waals surface area (Å²) in [5.74, 6) is -0.247. The topological polar surface area (TPSA) is 35.5 Å². The zero-order valence-corrected chi connectivity index (χ0v) is 14.0. The van der Waals surface area contributed by atoms with Crippen LogP contribution >= 0.6 is 0 Å². The number of hydrogen-bond acceptors (Lipinski definition) is 3. The van der Waals surface area contributed by atoms with Crippen molar-refractivity contribution in [3.05, 3.63) is 71.3 Å². The van der Waals surface area contributed by atoms with Crippen LogP contribution in [-0.2, 0) is 14.3 Å². The highest BCUT2D eigenvalue weighted by Crippen LogP contribution is 2.28. The second-order valence-corrected chi connectivity index (χ2v) is 5.81. The first kappa shape index (κ1) is 17.2. The van der Waals surface area contributed by atoms with Crippen molar-refractivity contribution in [2.24, 2.45) is 0 Å². The lowest BCUT2D eigenvalue weighted by Crippen LogP contribution is -2.16. The van der Waals surface area contributed by atoms with Gasteiger partial charge in [0.2, 0.25) is 0 Å². The molecule has 2 aromatic carbocycles. The predicted molar refractivity (Wildman–Crippen MR) is 91.3 cm³/mol. The van der Waals surface area contributed by atoms with Gasteiger partial charge in [-0.2, -0.15) is 0 Å². The van der Waals surface area contributed by atoms with Gasteiger partial charge in [-0.3, -0.25) is 4.79 Å². The molecule has 2 aromatic rings. The van der Waals surface area contributed by atoms with Crippen molar-refractivity contribution < 1.29 is 14.3 Å². The molecular weight excluding hydrogens is 288 g/mol. The maximum atomic E-state index is 12.2. The monoisotopic (exact) mass is 312 g/mol. The fourth-order valence-corrected chi connectivity index (χ4v) is 2.39. The normalized spacial score (nSPS) is 12.2. The Bertz CT molecular complexity index is 620. The number of ether oxygens (including phenoxy) is 2. The highest BCUT2D eigenvalue weighted by molar-refractivity contribution is 5.70. The molecular formula is C20H24O3. The number of carbonyl (C=O) groups is 1. The van der Waals surface area contributed by atoms with Gasteiger partial charge in [-0.15, -0.1) is 0 Å². The van der Waals surface area contributed by atoms with Gasteiger partial charge in [0.1, 0.15) is 0 Å². The van der Waals surface area contributed by atoms with Gasteiger partial charge in [0, 0.05) is 0 Å². The predicted octanol–water partition coefficient (Wildman–Crippen LogP) is 4.44. The molecule has 0 bridgehead atoms. The third kappa shape index (κ3) is 5.22. The number of esters is 1. The second kappa shape index (κ2) is 8.49. The Labute approximate surface area is 138 Å².